The van der Waals surface area contributed by atoms with E-state index in [0.717, 1.165) is 5.69 Å². The van der Waals surface area contributed by atoms with Crippen LogP contribution in [0.4, 0.5) is 0 Å². The third-order valence-electron chi connectivity index (χ3n) is 5.08. The monoisotopic (exact) mass is 406 g/mol. The van der Waals surface area contributed by atoms with E-state index in [9.17, 15) is 14.7 Å². The average molecular weight is 406 g/mol. The molecular weight excluding hydrogens is 384 g/mol. The van der Waals surface area contributed by atoms with Gasteiger partial charge in [0.15, 0.2) is 0 Å². The van der Waals surface area contributed by atoms with Crippen molar-refractivity contribution in [3.8, 4) is 5.75 Å². The van der Waals surface area contributed by atoms with E-state index in [4.69, 9.17) is 0 Å². The summed E-state index contributed by atoms with van der Waals surface area (Å²) in [5.74, 6) is 0.202. The molecule has 2 N–H and O–H groups in total. The average Bonchev–Trinajstić information content (AvgIpc) is 3.18. The maximum Gasteiger partial charge on any atom is 0.271 e. The molecule has 4 rings (SSSR count). The fourth-order valence-corrected chi connectivity index (χ4v) is 3.45. The number of nitrogens with zero attached hydrogens (tertiary/aromatic N) is 5. The molecule has 0 bridgehead atoms. The maximum absolute atomic E-state index is 12.9. The summed E-state index contributed by atoms with van der Waals surface area (Å²) in [5, 5.41) is 12.5. The van der Waals surface area contributed by atoms with Gasteiger partial charge < -0.3 is 19.9 Å². The van der Waals surface area contributed by atoms with Gasteiger partial charge in [0.25, 0.3) is 11.8 Å². The molecule has 0 fully saturated rings. The Morgan fingerprint density at radius 1 is 1.23 bits per heavy atom. The Morgan fingerprint density at radius 2 is 2.07 bits per heavy atom. The lowest BCUT2D eigenvalue weighted by Gasteiger charge is -2.33. The molecule has 1 aliphatic rings. The van der Waals surface area contributed by atoms with Crippen molar-refractivity contribution in [3.63, 3.8) is 0 Å². The molecule has 0 aliphatic carbocycles. The highest BCUT2D eigenvalue weighted by Gasteiger charge is 2.31. The van der Waals surface area contributed by atoms with Crippen LogP contribution in [0.15, 0.2) is 42.9 Å². The first-order chi connectivity index (χ1) is 14.4. The Labute approximate surface area is 173 Å². The quantitative estimate of drug-likeness (QED) is 0.683. The Kier molecular flexibility index (Phi) is 5.18. The molecule has 0 radical (unpaired) electrons. The number of carbonyl (C=O) groups is 2. The van der Waals surface area contributed by atoms with Crippen molar-refractivity contribution in [1.82, 2.24) is 29.7 Å². The largest absolute Gasteiger partial charge is 0.508 e. The Bertz CT molecular complexity index is 1090. The number of hydrogen-bond donors (Lipinski definition) is 2. The molecule has 9 nitrogen and oxygen atoms in total. The topological polar surface area (TPSA) is 113 Å². The SMILES string of the molecule is Cc1cnc(CNC(=O)c2cn3c(n2)[C@H](C)N(C(=O)c2cccc(O)c2)CC3)cn1. The lowest BCUT2D eigenvalue weighted by molar-refractivity contribution is 0.0637. The number of nitrogens with one attached hydrogen (secondary N) is 1. The van der Waals surface area contributed by atoms with E-state index in [-0.39, 0.29) is 30.2 Å². The van der Waals surface area contributed by atoms with Gasteiger partial charge in [-0.15, -0.1) is 0 Å². The minimum atomic E-state index is -0.308. The Hall–Kier alpha value is -3.75. The van der Waals surface area contributed by atoms with Gasteiger partial charge in [-0.05, 0) is 32.0 Å². The number of fused-ring (bicyclic) bond motifs is 1. The number of benzene rings is 1. The summed E-state index contributed by atoms with van der Waals surface area (Å²) in [4.78, 5) is 40.0. The summed E-state index contributed by atoms with van der Waals surface area (Å²) < 4.78 is 1.90. The lowest BCUT2D eigenvalue weighted by Crippen LogP contribution is -2.41. The first kappa shape index (κ1) is 19.6. The summed E-state index contributed by atoms with van der Waals surface area (Å²) in [7, 11) is 0. The van der Waals surface area contributed by atoms with Gasteiger partial charge in [0.05, 0.1) is 30.2 Å². The van der Waals surface area contributed by atoms with Crippen molar-refractivity contribution in [2.45, 2.75) is 33.0 Å². The highest BCUT2D eigenvalue weighted by molar-refractivity contribution is 5.95. The number of phenolic OH excluding ortho intramolecular Hbond substituents is 1. The zero-order valence-corrected chi connectivity index (χ0v) is 16.7. The number of aromatic hydroxyl groups is 1. The predicted molar refractivity (Wildman–Crippen MR) is 108 cm³/mol. The summed E-state index contributed by atoms with van der Waals surface area (Å²) in [6, 6.07) is 5.97. The van der Waals surface area contributed by atoms with Crippen LogP contribution < -0.4 is 5.32 Å². The molecule has 30 heavy (non-hydrogen) atoms. The molecule has 0 unspecified atom stereocenters. The number of rotatable bonds is 4. The van der Waals surface area contributed by atoms with E-state index < -0.39 is 0 Å². The molecule has 0 saturated carbocycles. The zero-order valence-electron chi connectivity index (χ0n) is 16.7. The van der Waals surface area contributed by atoms with Crippen LogP contribution in [-0.2, 0) is 13.1 Å². The molecule has 0 spiro atoms. The molecule has 1 aromatic carbocycles. The number of aryl methyl sites for hydroxylation is 1. The lowest BCUT2D eigenvalue weighted by atomic mass is 10.1. The van der Waals surface area contributed by atoms with Gasteiger partial charge in [0.1, 0.15) is 17.3 Å². The fraction of sp³-hybridized carbons (Fsp3) is 0.286. The van der Waals surface area contributed by atoms with E-state index in [1.807, 2.05) is 18.4 Å². The first-order valence-electron chi connectivity index (χ1n) is 9.65. The number of amides is 2. The molecule has 3 heterocycles. The molecule has 3 aromatic rings. The Balaban J connectivity index is 1.47. The molecule has 1 aliphatic heterocycles. The highest BCUT2D eigenvalue weighted by Crippen LogP contribution is 2.27. The number of phenols is 1. The highest BCUT2D eigenvalue weighted by atomic mass is 16.3. The minimum absolute atomic E-state index is 0.0456. The second kappa shape index (κ2) is 7.94. The molecule has 9 heteroatoms. The van der Waals surface area contributed by atoms with E-state index in [1.165, 1.54) is 12.1 Å². The van der Waals surface area contributed by atoms with Crippen molar-refractivity contribution in [2.24, 2.45) is 0 Å². The van der Waals surface area contributed by atoms with Crippen molar-refractivity contribution in [3.05, 3.63) is 71.3 Å². The Morgan fingerprint density at radius 3 is 2.80 bits per heavy atom. The predicted octanol–water partition coefficient (Wildman–Crippen LogP) is 1.83. The summed E-state index contributed by atoms with van der Waals surface area (Å²) in [5.41, 5.74) is 2.18. The third-order valence-corrected chi connectivity index (χ3v) is 5.08. The van der Waals surface area contributed by atoms with Gasteiger partial charge in [-0.25, -0.2) is 4.98 Å². The van der Waals surface area contributed by atoms with Crippen LogP contribution in [0.2, 0.25) is 0 Å². The van der Waals surface area contributed by atoms with Crippen LogP contribution in [0.3, 0.4) is 0 Å². The summed E-state index contributed by atoms with van der Waals surface area (Å²) in [6.45, 7) is 5.00. The normalized spacial score (nSPS) is 15.5. The van der Waals surface area contributed by atoms with E-state index in [1.54, 1.807) is 35.6 Å². The van der Waals surface area contributed by atoms with Crippen molar-refractivity contribution in [2.75, 3.05) is 6.54 Å². The molecule has 2 aromatic heterocycles. The number of imidazole rings is 1. The van der Waals surface area contributed by atoms with Gasteiger partial charge in [-0.3, -0.25) is 19.6 Å². The minimum Gasteiger partial charge on any atom is -0.508 e. The summed E-state index contributed by atoms with van der Waals surface area (Å²) in [6.07, 6.45) is 4.98. The van der Waals surface area contributed by atoms with Gasteiger partial charge in [-0.1, -0.05) is 6.07 Å². The van der Waals surface area contributed by atoms with E-state index in [0.29, 0.717) is 35.9 Å². The maximum atomic E-state index is 12.9. The zero-order chi connectivity index (χ0) is 21.3. The summed E-state index contributed by atoms with van der Waals surface area (Å²) >= 11 is 0. The molecule has 2 amide bonds. The second-order valence-corrected chi connectivity index (χ2v) is 7.23. The van der Waals surface area contributed by atoms with Gasteiger partial charge in [-0.2, -0.15) is 0 Å². The van der Waals surface area contributed by atoms with Crippen LogP contribution in [-0.4, -0.2) is 47.9 Å². The van der Waals surface area contributed by atoms with Crippen LogP contribution in [0, 0.1) is 6.92 Å². The molecule has 154 valence electrons. The van der Waals surface area contributed by atoms with Crippen molar-refractivity contribution in [1.29, 1.82) is 0 Å². The number of carbonyl (C=O) groups excluding carboxylic acids is 2. The van der Waals surface area contributed by atoms with Gasteiger partial charge >= 0.3 is 0 Å². The van der Waals surface area contributed by atoms with Crippen LogP contribution in [0.5, 0.6) is 5.75 Å². The van der Waals surface area contributed by atoms with Gasteiger partial charge in [0.2, 0.25) is 0 Å². The smallest absolute Gasteiger partial charge is 0.271 e. The second-order valence-electron chi connectivity index (χ2n) is 7.23. The fourth-order valence-electron chi connectivity index (χ4n) is 3.45. The van der Waals surface area contributed by atoms with E-state index in [2.05, 4.69) is 20.3 Å². The van der Waals surface area contributed by atoms with Crippen molar-refractivity contribution >= 4 is 11.8 Å². The van der Waals surface area contributed by atoms with Crippen LogP contribution >= 0.6 is 0 Å². The third kappa shape index (κ3) is 3.86. The van der Waals surface area contributed by atoms with Crippen LogP contribution in [0.1, 0.15) is 51.0 Å². The molecule has 0 saturated heterocycles. The van der Waals surface area contributed by atoms with Gasteiger partial charge in [0, 0.05) is 31.0 Å². The molecule has 1 atom stereocenters. The van der Waals surface area contributed by atoms with Crippen molar-refractivity contribution < 1.29 is 14.7 Å². The standard InChI is InChI=1S/C21H22N6O3/c1-13-9-23-16(10-22-13)11-24-20(29)18-12-26-6-7-27(14(2)19(26)25-18)21(30)15-4-3-5-17(28)8-15/h3-5,8-10,12,14,28H,6-7,11H2,1-2H3,(H,24,29)/t14-/m0/s1. The number of aromatic nitrogens is 4. The number of hydrogen-bond acceptors (Lipinski definition) is 6. The van der Waals surface area contributed by atoms with Crippen LogP contribution in [0.25, 0.3) is 0 Å². The molecular formula is C21H22N6O3. The first-order valence-corrected chi connectivity index (χ1v) is 9.65. The van der Waals surface area contributed by atoms with E-state index >= 15 is 0 Å².